The Kier molecular flexibility index (Phi) is 14.3. The summed E-state index contributed by atoms with van der Waals surface area (Å²) in [7, 11) is 5.63. The zero-order valence-corrected chi connectivity index (χ0v) is 27.4. The van der Waals surface area contributed by atoms with Crippen LogP contribution in [-0.4, -0.2) is 26.1 Å². The number of allylic oxidation sites excluding steroid dienone is 3. The summed E-state index contributed by atoms with van der Waals surface area (Å²) in [6.07, 6.45) is 9.99. The number of unbranched alkanes of at least 4 members (excludes halogenated alkanes) is 1. The fraction of sp³-hybridized carbons (Fsp3) is 0.195. The molecule has 1 aromatic heterocycles. The van der Waals surface area contributed by atoms with Gasteiger partial charge in [0, 0.05) is 48.7 Å². The van der Waals surface area contributed by atoms with Gasteiger partial charge in [-0.15, -0.1) is 0 Å². The van der Waals surface area contributed by atoms with E-state index in [1.165, 1.54) is 36.7 Å². The minimum atomic E-state index is 0.715. The van der Waals surface area contributed by atoms with Crippen LogP contribution in [0, 0.1) is 0 Å². The third-order valence-electron chi connectivity index (χ3n) is 7.14. The van der Waals surface area contributed by atoms with Crippen molar-refractivity contribution in [2.75, 3.05) is 31.8 Å². The molecule has 0 aliphatic carbocycles. The predicted octanol–water partition coefficient (Wildman–Crippen LogP) is 9.78. The van der Waals surface area contributed by atoms with Crippen molar-refractivity contribution in [1.82, 2.24) is 4.98 Å². The van der Waals surface area contributed by atoms with E-state index in [1.807, 2.05) is 30.3 Å². The maximum atomic E-state index is 6.13. The van der Waals surface area contributed by atoms with Gasteiger partial charge in [-0.3, -0.25) is 4.98 Å². The summed E-state index contributed by atoms with van der Waals surface area (Å²) < 4.78 is 0. The molecule has 0 saturated carbocycles. The highest BCUT2D eigenvalue weighted by Crippen LogP contribution is 2.32. The second-order valence-corrected chi connectivity index (χ2v) is 10.8. The first-order valence-corrected chi connectivity index (χ1v) is 15.7. The zero-order chi connectivity index (χ0) is 32.4. The molecular weight excluding hydrogens is 548 g/mol. The molecule has 0 spiro atoms. The lowest BCUT2D eigenvalue weighted by atomic mass is 9.98. The molecule has 4 nitrogen and oxygen atoms in total. The molecule has 5 aromatic rings. The van der Waals surface area contributed by atoms with Crippen LogP contribution in [0.25, 0.3) is 34.0 Å². The number of aromatic nitrogens is 1. The maximum Gasteiger partial charge on any atom is 0.0784 e. The molecular formula is C41H48N4. The lowest BCUT2D eigenvalue weighted by molar-refractivity contribution is 0.886. The summed E-state index contributed by atoms with van der Waals surface area (Å²) in [4.78, 5) is 7.24. The van der Waals surface area contributed by atoms with E-state index in [-0.39, 0.29) is 0 Å². The minimum absolute atomic E-state index is 0.715. The molecule has 4 heteroatoms. The van der Waals surface area contributed by atoms with E-state index in [0.29, 0.717) is 6.42 Å². The van der Waals surface area contributed by atoms with Crippen LogP contribution in [0.5, 0.6) is 0 Å². The predicted molar refractivity (Wildman–Crippen MR) is 198 cm³/mol. The van der Waals surface area contributed by atoms with Gasteiger partial charge in [0.2, 0.25) is 0 Å². The highest BCUT2D eigenvalue weighted by Gasteiger charge is 2.11. The Morgan fingerprint density at radius 1 is 0.711 bits per heavy atom. The number of hydrogen-bond acceptors (Lipinski definition) is 4. The molecule has 0 bridgehead atoms. The van der Waals surface area contributed by atoms with E-state index in [9.17, 15) is 0 Å². The van der Waals surface area contributed by atoms with Crippen LogP contribution in [0.1, 0.15) is 43.5 Å². The zero-order valence-electron chi connectivity index (χ0n) is 27.4. The lowest BCUT2D eigenvalue weighted by Crippen LogP contribution is -2.08. The van der Waals surface area contributed by atoms with Gasteiger partial charge in [-0.25, -0.2) is 0 Å². The smallest absolute Gasteiger partial charge is 0.0784 e. The molecule has 0 atom stereocenters. The number of anilines is 2. The van der Waals surface area contributed by atoms with Crippen molar-refractivity contribution in [2.24, 2.45) is 5.73 Å². The first kappa shape index (κ1) is 34.6. The van der Waals surface area contributed by atoms with Crippen molar-refractivity contribution in [3.05, 3.63) is 150 Å². The lowest BCUT2D eigenvalue weighted by Gasteiger charge is -2.13. The van der Waals surface area contributed by atoms with Crippen molar-refractivity contribution in [1.29, 1.82) is 0 Å². The van der Waals surface area contributed by atoms with Gasteiger partial charge in [-0.2, -0.15) is 0 Å². The summed E-state index contributed by atoms with van der Waals surface area (Å²) in [5.41, 5.74) is 21.2. The van der Waals surface area contributed by atoms with Crippen LogP contribution in [-0.2, 0) is 6.42 Å². The number of rotatable bonds is 9. The largest absolute Gasteiger partial charge is 0.399 e. The van der Waals surface area contributed by atoms with Crippen molar-refractivity contribution in [2.45, 2.75) is 33.1 Å². The van der Waals surface area contributed by atoms with Gasteiger partial charge in [0.15, 0.2) is 0 Å². The molecule has 0 amide bonds. The van der Waals surface area contributed by atoms with E-state index in [0.717, 1.165) is 39.3 Å². The fourth-order valence-corrected chi connectivity index (χ4v) is 4.61. The molecule has 0 fully saturated rings. The molecule has 232 valence electrons. The highest BCUT2D eigenvalue weighted by molar-refractivity contribution is 5.88. The molecule has 4 N–H and O–H groups in total. The topological polar surface area (TPSA) is 68.2 Å². The monoisotopic (exact) mass is 596 g/mol. The summed E-state index contributed by atoms with van der Waals surface area (Å²) in [6, 6.07) is 41.7. The average Bonchev–Trinajstić information content (AvgIpc) is 3.09. The molecule has 0 unspecified atom stereocenters. The van der Waals surface area contributed by atoms with Crippen molar-refractivity contribution < 1.29 is 0 Å². The second-order valence-electron chi connectivity index (χ2n) is 10.8. The minimum Gasteiger partial charge on any atom is -0.399 e. The molecule has 0 saturated heterocycles. The Balaban J connectivity index is 0.000000853. The van der Waals surface area contributed by atoms with Gasteiger partial charge in [-0.05, 0) is 65.7 Å². The van der Waals surface area contributed by atoms with Gasteiger partial charge in [0.1, 0.15) is 0 Å². The Labute approximate surface area is 270 Å². The standard InChI is InChI=1S/C36H33N3.C4H10.CH5N/c1-39(2)34-21-9-12-27(25-34)24-30(28-13-5-3-6-14-28)17-11-20-33-22-23-35(29-15-7-4-8-16-29)36(38-33)31-18-10-19-32(37)26-31;1-3-4-2;1-2/h3-19,21-26H,20,37H2,1-2H3;3-4H2,1-2H3;2H2,1H3/b17-11-,30-24-;;. The molecule has 0 radical (unpaired) electrons. The number of nitrogens with two attached hydrogens (primary N) is 2. The van der Waals surface area contributed by atoms with E-state index in [4.69, 9.17) is 10.7 Å². The summed E-state index contributed by atoms with van der Waals surface area (Å²) >= 11 is 0. The molecule has 4 aromatic carbocycles. The molecule has 5 rings (SSSR count). The number of hydrogen-bond donors (Lipinski definition) is 2. The van der Waals surface area contributed by atoms with Gasteiger partial charge in [0.05, 0.1) is 5.69 Å². The SMILES string of the molecule is CCCC.CN.CN(C)c1cccc(/C=C(/C=C\Cc2ccc(-c3ccccc3)c(-c3cccc(N)c3)n2)c2ccccc2)c1. The number of benzene rings is 4. The van der Waals surface area contributed by atoms with E-state index in [2.05, 4.69) is 148 Å². The van der Waals surface area contributed by atoms with Crippen LogP contribution in [0.2, 0.25) is 0 Å². The van der Waals surface area contributed by atoms with Gasteiger partial charge < -0.3 is 16.4 Å². The third-order valence-corrected chi connectivity index (χ3v) is 7.14. The Hall–Kier alpha value is -4.93. The van der Waals surface area contributed by atoms with Crippen LogP contribution in [0.3, 0.4) is 0 Å². The number of pyridine rings is 1. The van der Waals surface area contributed by atoms with Crippen LogP contribution >= 0.6 is 0 Å². The third kappa shape index (κ3) is 10.6. The first-order valence-electron chi connectivity index (χ1n) is 15.7. The molecule has 0 aliphatic rings. The maximum absolute atomic E-state index is 6.13. The average molecular weight is 597 g/mol. The van der Waals surface area contributed by atoms with Gasteiger partial charge >= 0.3 is 0 Å². The Morgan fingerprint density at radius 3 is 2.00 bits per heavy atom. The van der Waals surface area contributed by atoms with Gasteiger partial charge in [0.25, 0.3) is 0 Å². The highest BCUT2D eigenvalue weighted by atomic mass is 15.1. The number of nitrogen functional groups attached to an aromatic ring is 1. The Morgan fingerprint density at radius 2 is 1.36 bits per heavy atom. The van der Waals surface area contributed by atoms with E-state index < -0.39 is 0 Å². The van der Waals surface area contributed by atoms with E-state index in [1.54, 1.807) is 0 Å². The Bertz CT molecular complexity index is 1640. The van der Waals surface area contributed by atoms with Gasteiger partial charge in [-0.1, -0.05) is 130 Å². The summed E-state index contributed by atoms with van der Waals surface area (Å²) in [5, 5.41) is 0. The van der Waals surface area contributed by atoms with Crippen LogP contribution < -0.4 is 16.4 Å². The molecule has 45 heavy (non-hydrogen) atoms. The number of nitrogens with zero attached hydrogens (tertiary/aromatic N) is 2. The van der Waals surface area contributed by atoms with Crippen LogP contribution in [0.15, 0.2) is 133 Å². The van der Waals surface area contributed by atoms with Crippen molar-refractivity contribution in [3.63, 3.8) is 0 Å². The second kappa shape index (κ2) is 18.7. The normalized spacial score (nSPS) is 10.8. The summed E-state index contributed by atoms with van der Waals surface area (Å²) in [5.74, 6) is 0. The molecule has 1 heterocycles. The van der Waals surface area contributed by atoms with Crippen molar-refractivity contribution in [3.8, 4) is 22.4 Å². The van der Waals surface area contributed by atoms with Crippen molar-refractivity contribution >= 4 is 23.0 Å². The van der Waals surface area contributed by atoms with E-state index >= 15 is 0 Å². The fourth-order valence-electron chi connectivity index (χ4n) is 4.61. The quantitative estimate of drug-likeness (QED) is 0.101. The molecule has 0 aliphatic heterocycles. The first-order chi connectivity index (χ1) is 22.0. The van der Waals surface area contributed by atoms with Crippen LogP contribution in [0.4, 0.5) is 11.4 Å². The summed E-state index contributed by atoms with van der Waals surface area (Å²) in [6.45, 7) is 4.36.